The van der Waals surface area contributed by atoms with Gasteiger partial charge in [-0.1, -0.05) is 24.1 Å². The number of nitrogens with zero attached hydrogens (tertiary/aromatic N) is 2. The number of rotatable bonds is 2. The van der Waals surface area contributed by atoms with Crippen molar-refractivity contribution in [1.29, 1.82) is 0 Å². The van der Waals surface area contributed by atoms with Gasteiger partial charge in [-0.05, 0) is 37.7 Å². The molecule has 3 nitrogen and oxygen atoms in total. The monoisotopic (exact) mass is 295 g/mol. The van der Waals surface area contributed by atoms with E-state index in [1.54, 1.807) is 0 Å². The van der Waals surface area contributed by atoms with E-state index in [4.69, 9.17) is 17.3 Å². The van der Waals surface area contributed by atoms with Crippen molar-refractivity contribution in [3.8, 4) is 0 Å². The molecule has 0 bridgehead atoms. The summed E-state index contributed by atoms with van der Waals surface area (Å²) < 4.78 is 2.18. The molecule has 5 heteroatoms. The lowest BCUT2D eigenvalue weighted by Gasteiger charge is -2.29. The summed E-state index contributed by atoms with van der Waals surface area (Å²) in [7, 11) is 0. The minimum absolute atomic E-state index is 0.453. The van der Waals surface area contributed by atoms with Gasteiger partial charge >= 0.3 is 0 Å². The van der Waals surface area contributed by atoms with Gasteiger partial charge in [0.25, 0.3) is 0 Å². The Morgan fingerprint density at radius 2 is 2.26 bits per heavy atom. The molecule has 1 heterocycles. The Morgan fingerprint density at radius 3 is 3.05 bits per heavy atom. The summed E-state index contributed by atoms with van der Waals surface area (Å²) in [6.07, 6.45) is 7.11. The van der Waals surface area contributed by atoms with Crippen LogP contribution in [0.2, 0.25) is 5.02 Å². The van der Waals surface area contributed by atoms with Gasteiger partial charge in [0.1, 0.15) is 5.52 Å². The number of hydrogen-bond donors (Lipinski definition) is 1. The molecule has 0 amide bonds. The van der Waals surface area contributed by atoms with Crippen LogP contribution in [0.4, 0.5) is 5.95 Å². The second-order valence-electron chi connectivity index (χ2n) is 5.13. The van der Waals surface area contributed by atoms with E-state index in [9.17, 15) is 0 Å². The Morgan fingerprint density at radius 1 is 1.42 bits per heavy atom. The molecular weight excluding hydrogens is 278 g/mol. The molecule has 1 fully saturated rings. The average Bonchev–Trinajstić information content (AvgIpc) is 2.77. The number of imidazole rings is 1. The van der Waals surface area contributed by atoms with Crippen molar-refractivity contribution >= 4 is 40.3 Å². The molecule has 2 atom stereocenters. The number of benzene rings is 1. The van der Waals surface area contributed by atoms with Crippen LogP contribution in [0, 0.1) is 0 Å². The van der Waals surface area contributed by atoms with Gasteiger partial charge < -0.3 is 10.3 Å². The summed E-state index contributed by atoms with van der Waals surface area (Å²) in [4.78, 5) is 4.44. The lowest BCUT2D eigenvalue weighted by atomic mass is 9.94. The predicted molar refractivity (Wildman–Crippen MR) is 84.0 cm³/mol. The Labute approximate surface area is 122 Å². The van der Waals surface area contributed by atoms with E-state index >= 15 is 0 Å². The van der Waals surface area contributed by atoms with E-state index in [0.717, 1.165) is 16.3 Å². The normalized spacial score (nSPS) is 23.9. The van der Waals surface area contributed by atoms with Gasteiger partial charge in [0.15, 0.2) is 0 Å². The number of para-hydroxylation sites is 1. The van der Waals surface area contributed by atoms with Crippen molar-refractivity contribution in [1.82, 2.24) is 9.55 Å². The highest BCUT2D eigenvalue weighted by molar-refractivity contribution is 7.99. The van der Waals surface area contributed by atoms with Crippen LogP contribution in [-0.4, -0.2) is 21.1 Å². The van der Waals surface area contributed by atoms with Gasteiger partial charge in [-0.2, -0.15) is 11.8 Å². The summed E-state index contributed by atoms with van der Waals surface area (Å²) in [5, 5.41) is 1.41. The van der Waals surface area contributed by atoms with Gasteiger partial charge in [-0.15, -0.1) is 0 Å². The second-order valence-corrected chi connectivity index (χ2v) is 6.67. The molecule has 2 N–H and O–H groups in total. The van der Waals surface area contributed by atoms with Gasteiger partial charge in [0, 0.05) is 11.3 Å². The summed E-state index contributed by atoms with van der Waals surface area (Å²) >= 11 is 8.16. The number of fused-ring (bicyclic) bond motifs is 1. The fourth-order valence-corrected chi connectivity index (χ4v) is 4.08. The fraction of sp³-hybridized carbons (Fsp3) is 0.500. The molecular formula is C14H18ClN3S. The zero-order valence-electron chi connectivity index (χ0n) is 11.0. The molecule has 1 aliphatic rings. The van der Waals surface area contributed by atoms with Crippen LogP contribution >= 0.6 is 23.4 Å². The highest BCUT2D eigenvalue weighted by Crippen LogP contribution is 2.38. The first-order valence-electron chi connectivity index (χ1n) is 6.65. The first-order chi connectivity index (χ1) is 9.20. The lowest BCUT2D eigenvalue weighted by molar-refractivity contribution is 0.371. The Kier molecular flexibility index (Phi) is 3.63. The van der Waals surface area contributed by atoms with Crippen LogP contribution in [0.25, 0.3) is 11.0 Å². The molecule has 2 aromatic rings. The fourth-order valence-electron chi connectivity index (χ4n) is 3.05. The Bertz CT molecular complexity index is 596. The van der Waals surface area contributed by atoms with E-state index in [1.165, 1.54) is 25.7 Å². The van der Waals surface area contributed by atoms with Crippen LogP contribution < -0.4 is 5.73 Å². The maximum atomic E-state index is 6.20. The Hall–Kier alpha value is -0.870. The number of anilines is 1. The number of aromatic nitrogens is 2. The first-order valence-corrected chi connectivity index (χ1v) is 8.32. The molecule has 0 spiro atoms. The number of nitrogens with two attached hydrogens (primary N) is 1. The lowest BCUT2D eigenvalue weighted by Crippen LogP contribution is -2.21. The highest BCUT2D eigenvalue weighted by Gasteiger charge is 2.25. The van der Waals surface area contributed by atoms with Crippen molar-refractivity contribution in [2.75, 3.05) is 12.0 Å². The van der Waals surface area contributed by atoms with Gasteiger partial charge in [-0.3, -0.25) is 0 Å². The molecule has 1 aromatic carbocycles. The molecule has 3 rings (SSSR count). The molecule has 1 aromatic heterocycles. The molecule has 1 saturated carbocycles. The third-order valence-electron chi connectivity index (χ3n) is 4.00. The summed E-state index contributed by atoms with van der Waals surface area (Å²) in [6, 6.07) is 6.35. The summed E-state index contributed by atoms with van der Waals surface area (Å²) in [6.45, 7) is 0. The van der Waals surface area contributed by atoms with Gasteiger partial charge in [-0.25, -0.2) is 4.98 Å². The second kappa shape index (κ2) is 5.25. The van der Waals surface area contributed by atoms with Crippen molar-refractivity contribution in [3.63, 3.8) is 0 Å². The van der Waals surface area contributed by atoms with E-state index in [1.807, 2.05) is 23.9 Å². The molecule has 0 aliphatic heterocycles. The largest absolute Gasteiger partial charge is 0.369 e. The number of nitrogen functional groups attached to an aromatic ring is 1. The highest BCUT2D eigenvalue weighted by atomic mass is 35.5. The molecule has 102 valence electrons. The van der Waals surface area contributed by atoms with Crippen LogP contribution in [0.15, 0.2) is 18.2 Å². The van der Waals surface area contributed by atoms with E-state index in [2.05, 4.69) is 21.9 Å². The molecule has 0 saturated heterocycles. The SMILES string of the molecule is CSC1CCCC(n2c(N)nc3c(Cl)cccc32)C1. The van der Waals surface area contributed by atoms with Crippen LogP contribution in [0.5, 0.6) is 0 Å². The van der Waals surface area contributed by atoms with E-state index in [-0.39, 0.29) is 0 Å². The quantitative estimate of drug-likeness (QED) is 0.906. The average molecular weight is 296 g/mol. The van der Waals surface area contributed by atoms with Crippen LogP contribution in [-0.2, 0) is 0 Å². The summed E-state index contributed by atoms with van der Waals surface area (Å²) in [5.74, 6) is 0.592. The van der Waals surface area contributed by atoms with Crippen molar-refractivity contribution in [3.05, 3.63) is 23.2 Å². The molecule has 19 heavy (non-hydrogen) atoms. The van der Waals surface area contributed by atoms with Gasteiger partial charge in [0.2, 0.25) is 5.95 Å². The number of thioether (sulfide) groups is 1. The van der Waals surface area contributed by atoms with Crippen molar-refractivity contribution < 1.29 is 0 Å². The topological polar surface area (TPSA) is 43.8 Å². The Balaban J connectivity index is 2.04. The van der Waals surface area contributed by atoms with Gasteiger partial charge in [0.05, 0.1) is 10.5 Å². The van der Waals surface area contributed by atoms with Crippen LogP contribution in [0.3, 0.4) is 0 Å². The standard InChI is InChI=1S/C14H18ClN3S/c1-19-10-5-2-4-9(8-10)18-12-7-3-6-11(15)13(12)17-14(18)16/h3,6-7,9-10H,2,4-5,8H2,1H3,(H2,16,17). The number of halogens is 1. The maximum Gasteiger partial charge on any atom is 0.201 e. The van der Waals surface area contributed by atoms with Crippen molar-refractivity contribution in [2.24, 2.45) is 0 Å². The zero-order valence-corrected chi connectivity index (χ0v) is 12.5. The molecule has 0 radical (unpaired) electrons. The minimum atomic E-state index is 0.453. The minimum Gasteiger partial charge on any atom is -0.369 e. The first kappa shape index (κ1) is 13.1. The third-order valence-corrected chi connectivity index (χ3v) is 5.39. The maximum absolute atomic E-state index is 6.20. The third kappa shape index (κ3) is 2.32. The molecule has 1 aliphatic carbocycles. The predicted octanol–water partition coefficient (Wildman–Crippen LogP) is 4.12. The summed E-state index contributed by atoms with van der Waals surface area (Å²) in [5.41, 5.74) is 8.02. The smallest absolute Gasteiger partial charge is 0.201 e. The van der Waals surface area contributed by atoms with Crippen molar-refractivity contribution in [2.45, 2.75) is 37.0 Å². The van der Waals surface area contributed by atoms with E-state index in [0.29, 0.717) is 17.0 Å². The van der Waals surface area contributed by atoms with E-state index < -0.39 is 0 Å². The molecule has 2 unspecified atom stereocenters. The number of hydrogen-bond acceptors (Lipinski definition) is 3. The zero-order chi connectivity index (χ0) is 13.4. The van der Waals surface area contributed by atoms with Crippen LogP contribution in [0.1, 0.15) is 31.7 Å².